The lowest BCUT2D eigenvalue weighted by atomic mass is 9.99. The predicted molar refractivity (Wildman–Crippen MR) is 225 cm³/mol. The van der Waals surface area contributed by atoms with Crippen molar-refractivity contribution in [3.8, 4) is 33.8 Å². The lowest BCUT2D eigenvalue weighted by Gasteiger charge is -2.25. The Morgan fingerprint density at radius 2 is 1.00 bits per heavy atom. The Morgan fingerprint density at radius 3 is 1.80 bits per heavy atom. The molecule has 0 saturated heterocycles. The number of furan rings is 2. The van der Waals surface area contributed by atoms with Crippen LogP contribution in [0.4, 0.5) is 17.1 Å². The highest BCUT2D eigenvalue weighted by Crippen LogP contribution is 2.43. The van der Waals surface area contributed by atoms with Gasteiger partial charge in [0.2, 0.25) is 0 Å². The molecule has 5 heteroatoms. The summed E-state index contributed by atoms with van der Waals surface area (Å²) in [7, 11) is 0. The van der Waals surface area contributed by atoms with E-state index in [1.165, 1.54) is 5.39 Å². The van der Waals surface area contributed by atoms with E-state index in [1.807, 2.05) is 42.5 Å². The zero-order valence-electron chi connectivity index (χ0n) is 29.6. The van der Waals surface area contributed by atoms with Gasteiger partial charge in [0.15, 0.2) is 11.4 Å². The molecule has 11 aromatic rings. The highest BCUT2D eigenvalue weighted by molar-refractivity contribution is 6.16. The molecule has 0 saturated carbocycles. The van der Waals surface area contributed by atoms with E-state index in [1.54, 1.807) is 0 Å². The van der Waals surface area contributed by atoms with Crippen molar-refractivity contribution in [3.63, 3.8) is 0 Å². The summed E-state index contributed by atoms with van der Waals surface area (Å²) in [5.74, 6) is 0.618. The van der Waals surface area contributed by atoms with E-state index in [9.17, 15) is 0 Å². The van der Waals surface area contributed by atoms with Crippen LogP contribution in [0.1, 0.15) is 0 Å². The molecule has 5 nitrogen and oxygen atoms in total. The number of hydrogen-bond donors (Lipinski definition) is 0. The van der Waals surface area contributed by atoms with Crippen molar-refractivity contribution in [2.45, 2.75) is 0 Å². The van der Waals surface area contributed by atoms with Gasteiger partial charge in [0.05, 0.1) is 0 Å². The molecule has 11 rings (SSSR count). The first-order valence-corrected chi connectivity index (χ1v) is 18.4. The number of aromatic nitrogens is 2. The molecule has 0 fully saturated rings. The number of para-hydroxylation sites is 4. The smallest absolute Gasteiger partial charge is 0.180 e. The number of anilines is 3. The largest absolute Gasteiger partial charge is 0.455 e. The van der Waals surface area contributed by atoms with Gasteiger partial charge in [0, 0.05) is 49.9 Å². The van der Waals surface area contributed by atoms with Crippen LogP contribution in [0.5, 0.6) is 0 Å². The molecule has 3 heterocycles. The molecule has 0 unspecified atom stereocenters. The molecule has 258 valence electrons. The van der Waals surface area contributed by atoms with Crippen LogP contribution in [0.3, 0.4) is 0 Å². The van der Waals surface area contributed by atoms with Crippen LogP contribution in [0.2, 0.25) is 0 Å². The molecule has 55 heavy (non-hydrogen) atoms. The van der Waals surface area contributed by atoms with Gasteiger partial charge in [0.1, 0.15) is 28.0 Å². The van der Waals surface area contributed by atoms with Gasteiger partial charge in [-0.3, -0.25) is 0 Å². The number of hydrogen-bond acceptors (Lipinski definition) is 5. The third kappa shape index (κ3) is 5.17. The topological polar surface area (TPSA) is 55.3 Å². The minimum atomic E-state index is 0.618. The molecule has 0 N–H and O–H groups in total. The summed E-state index contributed by atoms with van der Waals surface area (Å²) >= 11 is 0. The maximum atomic E-state index is 6.74. The van der Waals surface area contributed by atoms with Gasteiger partial charge in [0.25, 0.3) is 0 Å². The molecular formula is C50H31N3O2. The maximum Gasteiger partial charge on any atom is 0.180 e. The second-order valence-electron chi connectivity index (χ2n) is 13.8. The van der Waals surface area contributed by atoms with Crippen molar-refractivity contribution in [1.82, 2.24) is 9.97 Å². The molecule has 8 aromatic carbocycles. The Labute approximate surface area is 316 Å². The zero-order chi connectivity index (χ0) is 36.3. The lowest BCUT2D eigenvalue weighted by Crippen LogP contribution is -2.09. The summed E-state index contributed by atoms with van der Waals surface area (Å²) in [4.78, 5) is 12.8. The Bertz CT molecular complexity index is 3160. The van der Waals surface area contributed by atoms with E-state index in [-0.39, 0.29) is 0 Å². The summed E-state index contributed by atoms with van der Waals surface area (Å²) in [6.45, 7) is 0. The minimum Gasteiger partial charge on any atom is -0.455 e. The fourth-order valence-corrected chi connectivity index (χ4v) is 7.90. The molecule has 0 amide bonds. The standard InChI is InChI=1S/C50H31N3O2/c1-3-15-36(16-4-1)53(37-17-5-2-6-18-37)38-29-27-33(28-30-38)39-20-11-21-41-45-42(22-12-24-44(45)55-48(39)41)50-51-46(35-26-25-32-13-7-8-14-34(32)31-35)49-47(52-50)40-19-9-10-23-43(40)54-49/h1-31H. The van der Waals surface area contributed by atoms with Crippen molar-refractivity contribution in [3.05, 3.63) is 188 Å². The van der Waals surface area contributed by atoms with Crippen molar-refractivity contribution in [1.29, 1.82) is 0 Å². The molecular weight excluding hydrogens is 675 g/mol. The molecule has 0 atom stereocenters. The van der Waals surface area contributed by atoms with Crippen LogP contribution in [0.25, 0.3) is 88.6 Å². The Morgan fingerprint density at radius 1 is 0.400 bits per heavy atom. The Balaban J connectivity index is 1.07. The number of rotatable bonds is 6. The van der Waals surface area contributed by atoms with Crippen molar-refractivity contribution < 1.29 is 8.83 Å². The van der Waals surface area contributed by atoms with E-state index in [2.05, 4.69) is 150 Å². The van der Waals surface area contributed by atoms with Gasteiger partial charge >= 0.3 is 0 Å². The fraction of sp³-hybridized carbons (Fsp3) is 0. The first-order valence-electron chi connectivity index (χ1n) is 18.4. The summed E-state index contributed by atoms with van der Waals surface area (Å²) in [6.07, 6.45) is 0. The molecule has 0 aliphatic rings. The predicted octanol–water partition coefficient (Wildman–Crippen LogP) is 13.9. The van der Waals surface area contributed by atoms with Gasteiger partial charge in [-0.15, -0.1) is 0 Å². The van der Waals surface area contributed by atoms with Crippen LogP contribution >= 0.6 is 0 Å². The first kappa shape index (κ1) is 31.1. The SMILES string of the molecule is c1ccc(N(c2ccccc2)c2ccc(-c3cccc4c3oc3cccc(-c5nc(-c6ccc7ccccc7c6)c6oc7ccccc7c6n5)c34)cc2)cc1. The second-order valence-corrected chi connectivity index (χ2v) is 13.8. The van der Waals surface area contributed by atoms with Gasteiger partial charge in [-0.1, -0.05) is 127 Å². The van der Waals surface area contributed by atoms with Gasteiger partial charge < -0.3 is 13.7 Å². The van der Waals surface area contributed by atoms with Crippen molar-refractivity contribution in [2.24, 2.45) is 0 Å². The normalized spacial score (nSPS) is 11.6. The van der Waals surface area contributed by atoms with E-state index < -0.39 is 0 Å². The Hall–Kier alpha value is -7.50. The van der Waals surface area contributed by atoms with Gasteiger partial charge in [-0.25, -0.2) is 9.97 Å². The summed E-state index contributed by atoms with van der Waals surface area (Å²) in [5, 5.41) is 5.26. The van der Waals surface area contributed by atoms with E-state index in [0.717, 1.165) is 88.8 Å². The number of benzene rings is 8. The fourth-order valence-electron chi connectivity index (χ4n) is 7.90. The molecule has 0 aliphatic heterocycles. The van der Waals surface area contributed by atoms with Crippen molar-refractivity contribution >= 4 is 71.8 Å². The van der Waals surface area contributed by atoms with E-state index >= 15 is 0 Å². The van der Waals surface area contributed by atoms with Crippen LogP contribution < -0.4 is 4.90 Å². The third-order valence-electron chi connectivity index (χ3n) is 10.5. The monoisotopic (exact) mass is 705 g/mol. The highest BCUT2D eigenvalue weighted by Gasteiger charge is 2.22. The molecule has 0 aliphatic carbocycles. The van der Waals surface area contributed by atoms with E-state index in [4.69, 9.17) is 18.8 Å². The molecule has 3 aromatic heterocycles. The minimum absolute atomic E-state index is 0.618. The highest BCUT2D eigenvalue weighted by atomic mass is 16.3. The second kappa shape index (κ2) is 12.6. The number of fused-ring (bicyclic) bond motifs is 7. The summed E-state index contributed by atoms with van der Waals surface area (Å²) < 4.78 is 13.2. The first-order chi connectivity index (χ1) is 27.3. The third-order valence-corrected chi connectivity index (χ3v) is 10.5. The number of nitrogens with zero attached hydrogens (tertiary/aromatic N) is 3. The van der Waals surface area contributed by atoms with Crippen molar-refractivity contribution in [2.75, 3.05) is 4.90 Å². The van der Waals surface area contributed by atoms with Crippen LogP contribution in [0.15, 0.2) is 197 Å². The summed E-state index contributed by atoms with van der Waals surface area (Å²) in [5.41, 5.74) is 11.8. The van der Waals surface area contributed by atoms with Gasteiger partial charge in [-0.2, -0.15) is 0 Å². The van der Waals surface area contributed by atoms with Crippen LogP contribution in [-0.2, 0) is 0 Å². The van der Waals surface area contributed by atoms with Crippen LogP contribution in [0, 0.1) is 0 Å². The average Bonchev–Trinajstić information content (AvgIpc) is 3.83. The molecule has 0 bridgehead atoms. The lowest BCUT2D eigenvalue weighted by molar-refractivity contribution is 0.667. The average molecular weight is 706 g/mol. The van der Waals surface area contributed by atoms with E-state index in [0.29, 0.717) is 11.4 Å². The molecule has 0 radical (unpaired) electrons. The quantitative estimate of drug-likeness (QED) is 0.172. The maximum absolute atomic E-state index is 6.74. The zero-order valence-corrected chi connectivity index (χ0v) is 29.6. The Kier molecular flexibility index (Phi) is 7.10. The summed E-state index contributed by atoms with van der Waals surface area (Å²) in [6, 6.07) is 65.0. The van der Waals surface area contributed by atoms with Crippen LogP contribution in [-0.4, -0.2) is 9.97 Å². The molecule has 0 spiro atoms. The van der Waals surface area contributed by atoms with Gasteiger partial charge in [-0.05, 0) is 77.0 Å².